The molecule has 2 fully saturated rings. The van der Waals surface area contributed by atoms with Crippen LogP contribution in [-0.4, -0.2) is 63.9 Å². The fourth-order valence-electron chi connectivity index (χ4n) is 3.95. The fourth-order valence-corrected chi connectivity index (χ4v) is 3.95. The average molecular weight is 406 g/mol. The first kappa shape index (κ1) is 18.8. The van der Waals surface area contributed by atoms with Crippen molar-refractivity contribution in [2.45, 2.75) is 31.6 Å². The molecule has 3 heterocycles. The number of rotatable bonds is 6. The van der Waals surface area contributed by atoms with Crippen molar-refractivity contribution in [3.05, 3.63) is 47.8 Å². The highest BCUT2D eigenvalue weighted by molar-refractivity contribution is 5.76. The maximum Gasteiger partial charge on any atom is 0.223 e. The molecule has 5 rings (SSSR count). The molecule has 2 aromatic heterocycles. The summed E-state index contributed by atoms with van der Waals surface area (Å²) in [4.78, 5) is 16.9. The van der Waals surface area contributed by atoms with Crippen LogP contribution in [0.3, 0.4) is 0 Å². The van der Waals surface area contributed by atoms with Crippen LogP contribution in [0.1, 0.15) is 36.6 Å². The molecule has 1 aliphatic heterocycles. The zero-order valence-electron chi connectivity index (χ0n) is 17.2. The smallest absolute Gasteiger partial charge is 0.223 e. The summed E-state index contributed by atoms with van der Waals surface area (Å²) < 4.78 is 7.07. The van der Waals surface area contributed by atoms with Gasteiger partial charge in [0.2, 0.25) is 5.91 Å². The number of hydrogen-bond acceptors (Lipinski definition) is 6. The van der Waals surface area contributed by atoms with Crippen molar-refractivity contribution >= 4 is 17.4 Å². The zero-order valence-corrected chi connectivity index (χ0v) is 17.2. The van der Waals surface area contributed by atoms with Gasteiger partial charge in [0, 0.05) is 38.5 Å². The van der Waals surface area contributed by atoms with Crippen molar-refractivity contribution in [3.8, 4) is 5.75 Å². The number of carbonyl (C=O) groups is 1. The second kappa shape index (κ2) is 7.93. The van der Waals surface area contributed by atoms with Gasteiger partial charge in [-0.2, -0.15) is 4.52 Å². The van der Waals surface area contributed by atoms with Gasteiger partial charge in [-0.25, -0.2) is 0 Å². The number of anilines is 1. The number of amides is 1. The number of ether oxygens (including phenoxy) is 1. The minimum absolute atomic E-state index is 0.212. The van der Waals surface area contributed by atoms with E-state index in [1.807, 2.05) is 45.8 Å². The molecule has 0 spiro atoms. The SMILES string of the molecule is COc1ccc(CCC(=O)N2CCN(c3ccc4nnc(C5CC5)n4n3)CC2)cc1. The van der Waals surface area contributed by atoms with Gasteiger partial charge in [-0.05, 0) is 49.1 Å². The largest absolute Gasteiger partial charge is 0.497 e. The highest BCUT2D eigenvalue weighted by atomic mass is 16.5. The monoisotopic (exact) mass is 406 g/mol. The van der Waals surface area contributed by atoms with Crippen LogP contribution in [0.25, 0.3) is 5.65 Å². The minimum atomic E-state index is 0.212. The van der Waals surface area contributed by atoms with E-state index in [2.05, 4.69) is 15.1 Å². The predicted octanol–water partition coefficient (Wildman–Crippen LogP) is 2.29. The molecule has 3 aromatic rings. The molecule has 1 aromatic carbocycles. The van der Waals surface area contributed by atoms with E-state index in [4.69, 9.17) is 9.84 Å². The highest BCUT2D eigenvalue weighted by Crippen LogP contribution is 2.38. The number of fused-ring (bicyclic) bond motifs is 1. The molecule has 156 valence electrons. The van der Waals surface area contributed by atoms with Crippen molar-refractivity contribution in [2.24, 2.45) is 0 Å². The molecule has 1 saturated carbocycles. The number of piperazine rings is 1. The third-order valence-electron chi connectivity index (χ3n) is 5.96. The molecule has 1 amide bonds. The third-order valence-corrected chi connectivity index (χ3v) is 5.96. The molecule has 2 aliphatic rings. The summed E-state index contributed by atoms with van der Waals surface area (Å²) in [5, 5.41) is 13.3. The molecular weight excluding hydrogens is 380 g/mol. The van der Waals surface area contributed by atoms with E-state index < -0.39 is 0 Å². The molecule has 0 N–H and O–H groups in total. The Morgan fingerprint density at radius 1 is 1.03 bits per heavy atom. The second-order valence-electron chi connectivity index (χ2n) is 8.01. The van der Waals surface area contributed by atoms with Crippen LogP contribution in [0.5, 0.6) is 5.75 Å². The number of aryl methyl sites for hydroxylation is 1. The van der Waals surface area contributed by atoms with Gasteiger partial charge in [-0.1, -0.05) is 12.1 Å². The predicted molar refractivity (Wildman–Crippen MR) is 113 cm³/mol. The van der Waals surface area contributed by atoms with E-state index in [1.165, 1.54) is 12.8 Å². The second-order valence-corrected chi connectivity index (χ2v) is 8.01. The Morgan fingerprint density at radius 3 is 2.50 bits per heavy atom. The quantitative estimate of drug-likeness (QED) is 0.625. The number of methoxy groups -OCH3 is 1. The standard InChI is InChI=1S/C22H26N6O2/c1-30-18-7-2-16(3-8-18)4-11-21(29)27-14-12-26(13-15-27)20-10-9-19-23-24-22(17-5-6-17)28(19)25-20/h2-3,7-10,17H,4-6,11-15H2,1H3. The van der Waals surface area contributed by atoms with Gasteiger partial charge < -0.3 is 14.5 Å². The fraction of sp³-hybridized carbons (Fsp3) is 0.455. The number of benzene rings is 1. The molecule has 8 nitrogen and oxygen atoms in total. The molecule has 0 radical (unpaired) electrons. The Balaban J connectivity index is 1.17. The van der Waals surface area contributed by atoms with Crippen molar-refractivity contribution in [1.29, 1.82) is 0 Å². The van der Waals surface area contributed by atoms with Gasteiger partial charge in [-0.15, -0.1) is 15.3 Å². The summed E-state index contributed by atoms with van der Waals surface area (Å²) in [6, 6.07) is 11.9. The lowest BCUT2D eigenvalue weighted by Gasteiger charge is -2.35. The average Bonchev–Trinajstić information content (AvgIpc) is 3.56. The Bertz CT molecular complexity index is 1040. The van der Waals surface area contributed by atoms with Crippen molar-refractivity contribution in [3.63, 3.8) is 0 Å². The maximum absolute atomic E-state index is 12.7. The topological polar surface area (TPSA) is 75.9 Å². The zero-order chi connectivity index (χ0) is 20.5. The molecule has 30 heavy (non-hydrogen) atoms. The lowest BCUT2D eigenvalue weighted by Crippen LogP contribution is -2.49. The molecule has 0 bridgehead atoms. The summed E-state index contributed by atoms with van der Waals surface area (Å²) in [7, 11) is 1.66. The Morgan fingerprint density at radius 2 is 1.80 bits per heavy atom. The number of hydrogen-bond donors (Lipinski definition) is 0. The summed E-state index contributed by atoms with van der Waals surface area (Å²) in [6.45, 7) is 3.01. The molecule has 0 unspecified atom stereocenters. The molecule has 1 saturated heterocycles. The van der Waals surface area contributed by atoms with E-state index in [0.717, 1.165) is 61.2 Å². The van der Waals surface area contributed by atoms with Crippen molar-refractivity contribution in [2.75, 3.05) is 38.2 Å². The summed E-state index contributed by atoms with van der Waals surface area (Å²) in [5.74, 6) is 3.45. The van der Waals surface area contributed by atoms with E-state index in [1.54, 1.807) is 7.11 Å². The minimum Gasteiger partial charge on any atom is -0.497 e. The van der Waals surface area contributed by atoms with E-state index in [0.29, 0.717) is 12.3 Å². The van der Waals surface area contributed by atoms with Crippen LogP contribution < -0.4 is 9.64 Å². The van der Waals surface area contributed by atoms with Crippen molar-refractivity contribution < 1.29 is 9.53 Å². The number of carbonyl (C=O) groups excluding carboxylic acids is 1. The summed E-state index contributed by atoms with van der Waals surface area (Å²) >= 11 is 0. The first-order chi connectivity index (χ1) is 14.7. The van der Waals surface area contributed by atoms with E-state index >= 15 is 0 Å². The van der Waals surface area contributed by atoms with Gasteiger partial charge in [0.05, 0.1) is 7.11 Å². The molecule has 1 aliphatic carbocycles. The molecule has 0 atom stereocenters. The van der Waals surface area contributed by atoms with Crippen LogP contribution in [-0.2, 0) is 11.2 Å². The number of aromatic nitrogens is 4. The van der Waals surface area contributed by atoms with Crippen LogP contribution in [0.4, 0.5) is 5.82 Å². The van der Waals surface area contributed by atoms with Crippen LogP contribution >= 0.6 is 0 Å². The summed E-state index contributed by atoms with van der Waals surface area (Å²) in [5.41, 5.74) is 1.95. The van der Waals surface area contributed by atoms with Gasteiger partial charge in [-0.3, -0.25) is 4.79 Å². The van der Waals surface area contributed by atoms with Gasteiger partial charge in [0.1, 0.15) is 11.6 Å². The molecule has 8 heteroatoms. The maximum atomic E-state index is 12.7. The third kappa shape index (κ3) is 3.81. The molecular formula is C22H26N6O2. The Labute approximate surface area is 175 Å². The van der Waals surface area contributed by atoms with Gasteiger partial charge in [0.15, 0.2) is 11.5 Å². The van der Waals surface area contributed by atoms with Crippen LogP contribution in [0, 0.1) is 0 Å². The lowest BCUT2D eigenvalue weighted by molar-refractivity contribution is -0.131. The van der Waals surface area contributed by atoms with Gasteiger partial charge in [0.25, 0.3) is 0 Å². The van der Waals surface area contributed by atoms with Crippen LogP contribution in [0.2, 0.25) is 0 Å². The first-order valence-corrected chi connectivity index (χ1v) is 10.6. The first-order valence-electron chi connectivity index (χ1n) is 10.6. The highest BCUT2D eigenvalue weighted by Gasteiger charge is 2.30. The Hall–Kier alpha value is -3.16. The van der Waals surface area contributed by atoms with Crippen LogP contribution in [0.15, 0.2) is 36.4 Å². The van der Waals surface area contributed by atoms with Crippen molar-refractivity contribution in [1.82, 2.24) is 24.7 Å². The normalized spacial score (nSPS) is 16.8. The van der Waals surface area contributed by atoms with E-state index in [9.17, 15) is 4.79 Å². The van der Waals surface area contributed by atoms with Gasteiger partial charge >= 0.3 is 0 Å². The summed E-state index contributed by atoms with van der Waals surface area (Å²) in [6.07, 6.45) is 3.62. The van der Waals surface area contributed by atoms with E-state index in [-0.39, 0.29) is 5.91 Å². The lowest BCUT2D eigenvalue weighted by atomic mass is 10.1. The Kier molecular flexibility index (Phi) is 4.98. The number of nitrogens with zero attached hydrogens (tertiary/aromatic N) is 6.